The highest BCUT2D eigenvalue weighted by atomic mass is 35.5. The van der Waals surface area contributed by atoms with E-state index in [0.29, 0.717) is 11.1 Å². The van der Waals surface area contributed by atoms with E-state index in [-0.39, 0.29) is 5.54 Å². The molecule has 0 bridgehead atoms. The van der Waals surface area contributed by atoms with Crippen LogP contribution in [0.1, 0.15) is 39.2 Å². The molecule has 4 heteroatoms. The van der Waals surface area contributed by atoms with Gasteiger partial charge in [-0.15, -0.1) is 0 Å². The minimum absolute atomic E-state index is 0.282. The van der Waals surface area contributed by atoms with Crippen molar-refractivity contribution in [3.63, 3.8) is 0 Å². The van der Waals surface area contributed by atoms with Gasteiger partial charge in [-0.25, -0.2) is 0 Å². The summed E-state index contributed by atoms with van der Waals surface area (Å²) in [4.78, 5) is 2.56. The fourth-order valence-corrected chi connectivity index (χ4v) is 3.15. The van der Waals surface area contributed by atoms with Crippen molar-refractivity contribution in [1.82, 2.24) is 10.2 Å². The Bertz CT molecular complexity index is 446. The second-order valence-corrected chi connectivity index (χ2v) is 7.39. The maximum atomic E-state index is 6.20. The second-order valence-electron chi connectivity index (χ2n) is 6.55. The van der Waals surface area contributed by atoms with Crippen molar-refractivity contribution in [1.29, 1.82) is 0 Å². The Kier molecular flexibility index (Phi) is 5.36. The molecule has 0 radical (unpaired) electrons. The summed E-state index contributed by atoms with van der Waals surface area (Å²) >= 11 is 12.1. The lowest BCUT2D eigenvalue weighted by molar-refractivity contribution is 0.0960. The monoisotopic (exact) mass is 314 g/mol. The Balaban J connectivity index is 1.82. The van der Waals surface area contributed by atoms with E-state index >= 15 is 0 Å². The number of benzene rings is 1. The van der Waals surface area contributed by atoms with Crippen LogP contribution in [0.15, 0.2) is 18.2 Å². The molecule has 1 aliphatic rings. The van der Waals surface area contributed by atoms with Gasteiger partial charge in [0.15, 0.2) is 0 Å². The van der Waals surface area contributed by atoms with Gasteiger partial charge >= 0.3 is 0 Å². The molecule has 0 saturated carbocycles. The molecule has 0 amide bonds. The highest BCUT2D eigenvalue weighted by Gasteiger charge is 2.26. The van der Waals surface area contributed by atoms with E-state index in [1.807, 2.05) is 18.2 Å². The number of nitrogens with one attached hydrogen (secondary N) is 1. The van der Waals surface area contributed by atoms with Crippen molar-refractivity contribution in [2.45, 2.75) is 51.7 Å². The summed E-state index contributed by atoms with van der Waals surface area (Å²) in [5.74, 6) is 0. The van der Waals surface area contributed by atoms with Gasteiger partial charge in [-0.3, -0.25) is 4.90 Å². The molecule has 1 aromatic carbocycles. The maximum absolute atomic E-state index is 6.20. The number of hydrogen-bond acceptors (Lipinski definition) is 2. The van der Waals surface area contributed by atoms with Gasteiger partial charge in [0.1, 0.15) is 0 Å². The normalized spacial score (nSPS) is 18.4. The first-order valence-electron chi connectivity index (χ1n) is 7.28. The van der Waals surface area contributed by atoms with Crippen molar-refractivity contribution in [2.75, 3.05) is 13.1 Å². The summed E-state index contributed by atoms with van der Waals surface area (Å²) in [5.41, 5.74) is 1.40. The lowest BCUT2D eigenvalue weighted by Crippen LogP contribution is -2.49. The van der Waals surface area contributed by atoms with Gasteiger partial charge in [0, 0.05) is 41.3 Å². The third kappa shape index (κ3) is 4.36. The minimum Gasteiger partial charge on any atom is -0.310 e. The lowest BCUT2D eigenvalue weighted by atomic mass is 9.98. The molecule has 0 aromatic heterocycles. The van der Waals surface area contributed by atoms with Gasteiger partial charge in [-0.2, -0.15) is 0 Å². The predicted molar refractivity (Wildman–Crippen MR) is 87.6 cm³/mol. The summed E-state index contributed by atoms with van der Waals surface area (Å²) in [7, 11) is 0. The molecule has 0 spiro atoms. The quantitative estimate of drug-likeness (QED) is 0.892. The van der Waals surface area contributed by atoms with Crippen LogP contribution in [-0.2, 0) is 6.54 Å². The summed E-state index contributed by atoms with van der Waals surface area (Å²) in [6.45, 7) is 10.00. The zero-order valence-corrected chi connectivity index (χ0v) is 14.1. The average Bonchev–Trinajstić information content (AvgIpc) is 2.37. The topological polar surface area (TPSA) is 15.3 Å². The van der Waals surface area contributed by atoms with Crippen molar-refractivity contribution < 1.29 is 0 Å². The number of halogens is 2. The van der Waals surface area contributed by atoms with E-state index in [0.717, 1.165) is 30.2 Å². The highest BCUT2D eigenvalue weighted by molar-refractivity contribution is 6.35. The van der Waals surface area contributed by atoms with Crippen molar-refractivity contribution in [3.05, 3.63) is 33.8 Å². The Morgan fingerprint density at radius 1 is 1.20 bits per heavy atom. The summed E-state index contributed by atoms with van der Waals surface area (Å²) < 4.78 is 0. The smallest absolute Gasteiger partial charge is 0.0465 e. The molecule has 0 atom stereocenters. The number of nitrogens with zero attached hydrogens (tertiary/aromatic N) is 1. The first-order valence-corrected chi connectivity index (χ1v) is 8.04. The molecule has 1 fully saturated rings. The number of rotatable bonds is 3. The van der Waals surface area contributed by atoms with Gasteiger partial charge in [0.25, 0.3) is 0 Å². The summed E-state index contributed by atoms with van der Waals surface area (Å²) in [6, 6.07) is 6.29. The van der Waals surface area contributed by atoms with Crippen LogP contribution in [0.25, 0.3) is 0 Å². The van der Waals surface area contributed by atoms with Gasteiger partial charge in [-0.1, -0.05) is 29.3 Å². The fourth-order valence-electron chi connectivity index (χ4n) is 2.67. The number of likely N-dealkylation sites (tertiary alicyclic amines) is 1. The molecule has 0 aliphatic carbocycles. The molecule has 2 rings (SSSR count). The Morgan fingerprint density at radius 2 is 1.85 bits per heavy atom. The first-order chi connectivity index (χ1) is 9.36. The van der Waals surface area contributed by atoms with Gasteiger partial charge in [0.2, 0.25) is 0 Å². The zero-order chi connectivity index (χ0) is 14.8. The van der Waals surface area contributed by atoms with Crippen LogP contribution >= 0.6 is 23.2 Å². The van der Waals surface area contributed by atoms with Crippen molar-refractivity contribution >= 4 is 23.2 Å². The number of hydrogen-bond donors (Lipinski definition) is 1. The Hall–Kier alpha value is -0.280. The predicted octanol–water partition coefficient (Wildman–Crippen LogP) is 4.35. The molecule has 112 valence electrons. The van der Waals surface area contributed by atoms with Crippen LogP contribution in [0.3, 0.4) is 0 Å². The zero-order valence-electron chi connectivity index (χ0n) is 12.5. The maximum Gasteiger partial charge on any atom is 0.0465 e. The Morgan fingerprint density at radius 3 is 2.40 bits per heavy atom. The molecule has 0 unspecified atom stereocenters. The average molecular weight is 315 g/mol. The highest BCUT2D eigenvalue weighted by Crippen LogP contribution is 2.23. The van der Waals surface area contributed by atoms with Crippen molar-refractivity contribution in [3.8, 4) is 0 Å². The lowest BCUT2D eigenvalue weighted by Gasteiger charge is -2.41. The largest absolute Gasteiger partial charge is 0.310 e. The third-order valence-electron chi connectivity index (χ3n) is 4.04. The SMILES string of the molecule is CC(C)(C)N1CCC(NCc2ccc(Cl)cc2Cl)CC1. The van der Waals surface area contributed by atoms with Crippen molar-refractivity contribution in [2.24, 2.45) is 0 Å². The van der Waals surface area contributed by atoms with Crippen LogP contribution < -0.4 is 5.32 Å². The minimum atomic E-state index is 0.282. The fraction of sp³-hybridized carbons (Fsp3) is 0.625. The standard InChI is InChI=1S/C16H24Cl2N2/c1-16(2,3)20-8-6-14(7-9-20)19-11-12-4-5-13(17)10-15(12)18/h4-5,10,14,19H,6-9,11H2,1-3H3. The van der Waals surface area contributed by atoms with Crippen LogP contribution in [0.4, 0.5) is 0 Å². The molecule has 20 heavy (non-hydrogen) atoms. The summed E-state index contributed by atoms with van der Waals surface area (Å²) in [6.07, 6.45) is 2.39. The van der Waals surface area contributed by atoms with E-state index in [9.17, 15) is 0 Å². The van der Waals surface area contributed by atoms with Gasteiger partial charge in [-0.05, 0) is 51.3 Å². The van der Waals surface area contributed by atoms with Crippen LogP contribution in [-0.4, -0.2) is 29.6 Å². The van der Waals surface area contributed by atoms with Crippen LogP contribution in [0.2, 0.25) is 10.0 Å². The van der Waals surface area contributed by atoms with E-state index in [4.69, 9.17) is 23.2 Å². The molecular formula is C16H24Cl2N2. The van der Waals surface area contributed by atoms with E-state index in [2.05, 4.69) is 31.0 Å². The van der Waals surface area contributed by atoms with Gasteiger partial charge in [0.05, 0.1) is 0 Å². The number of piperidine rings is 1. The Labute approximate surface area is 132 Å². The van der Waals surface area contributed by atoms with E-state index in [1.54, 1.807) is 0 Å². The molecule has 1 N–H and O–H groups in total. The summed E-state index contributed by atoms with van der Waals surface area (Å²) in [5, 5.41) is 5.06. The van der Waals surface area contributed by atoms with E-state index in [1.165, 1.54) is 12.8 Å². The molecule has 1 aliphatic heterocycles. The van der Waals surface area contributed by atoms with Crippen LogP contribution in [0, 0.1) is 0 Å². The molecular weight excluding hydrogens is 291 g/mol. The van der Waals surface area contributed by atoms with E-state index < -0.39 is 0 Å². The molecule has 2 nitrogen and oxygen atoms in total. The second kappa shape index (κ2) is 6.65. The third-order valence-corrected chi connectivity index (χ3v) is 4.63. The molecule has 1 aromatic rings. The van der Waals surface area contributed by atoms with Gasteiger partial charge < -0.3 is 5.32 Å². The first kappa shape index (κ1) is 16.1. The molecule has 1 heterocycles. The van der Waals surface area contributed by atoms with Crippen LogP contribution in [0.5, 0.6) is 0 Å². The molecule has 1 saturated heterocycles.